The number of phenolic OH excluding ortho intramolecular Hbond substituents is 1. The molecule has 0 aliphatic carbocycles. The van der Waals surface area contributed by atoms with Crippen molar-refractivity contribution in [3.63, 3.8) is 0 Å². The van der Waals surface area contributed by atoms with E-state index >= 15 is 0 Å². The molecule has 0 saturated heterocycles. The topological polar surface area (TPSA) is 72.0 Å². The standard InChI is InChI=1S/C10H8BrN3O/c11-7-5-13-10(14-9(7)12)6-3-1-2-4-8(6)15/h1-5,15H,(H2,12,13,14). The van der Waals surface area contributed by atoms with Crippen molar-refractivity contribution < 1.29 is 5.11 Å². The Kier molecular flexibility index (Phi) is 2.55. The van der Waals surface area contributed by atoms with Gasteiger partial charge in [-0.15, -0.1) is 0 Å². The monoisotopic (exact) mass is 265 g/mol. The maximum Gasteiger partial charge on any atom is 0.165 e. The Labute approximate surface area is 94.9 Å². The van der Waals surface area contributed by atoms with Crippen LogP contribution >= 0.6 is 15.9 Å². The second-order valence-corrected chi connectivity index (χ2v) is 3.80. The third kappa shape index (κ3) is 1.92. The first-order valence-electron chi connectivity index (χ1n) is 4.25. The van der Waals surface area contributed by atoms with Crippen LogP contribution in [0.1, 0.15) is 0 Å². The lowest BCUT2D eigenvalue weighted by Gasteiger charge is -2.03. The zero-order valence-corrected chi connectivity index (χ0v) is 9.27. The summed E-state index contributed by atoms with van der Waals surface area (Å²) in [5, 5.41) is 9.59. The first kappa shape index (κ1) is 9.92. The van der Waals surface area contributed by atoms with Crippen LogP contribution in [-0.4, -0.2) is 15.1 Å². The number of rotatable bonds is 1. The number of aromatic nitrogens is 2. The van der Waals surface area contributed by atoms with Gasteiger partial charge in [0.15, 0.2) is 5.82 Å². The predicted octanol–water partition coefficient (Wildman–Crippen LogP) is 2.19. The number of halogens is 1. The van der Waals surface area contributed by atoms with E-state index in [2.05, 4.69) is 25.9 Å². The maximum absolute atomic E-state index is 9.59. The van der Waals surface area contributed by atoms with Crippen molar-refractivity contribution in [2.45, 2.75) is 0 Å². The zero-order valence-electron chi connectivity index (χ0n) is 7.68. The highest BCUT2D eigenvalue weighted by Crippen LogP contribution is 2.27. The fourth-order valence-corrected chi connectivity index (χ4v) is 1.36. The van der Waals surface area contributed by atoms with Crippen LogP contribution in [0.4, 0.5) is 5.82 Å². The molecule has 0 saturated carbocycles. The Bertz CT molecular complexity index is 502. The fourth-order valence-electron chi connectivity index (χ4n) is 1.17. The predicted molar refractivity (Wildman–Crippen MR) is 61.2 cm³/mol. The quantitative estimate of drug-likeness (QED) is 0.829. The van der Waals surface area contributed by atoms with Crippen molar-refractivity contribution in [2.24, 2.45) is 0 Å². The summed E-state index contributed by atoms with van der Waals surface area (Å²) in [6, 6.07) is 6.85. The molecule has 2 aromatic rings. The molecule has 1 aromatic carbocycles. The highest BCUT2D eigenvalue weighted by molar-refractivity contribution is 9.10. The summed E-state index contributed by atoms with van der Waals surface area (Å²) in [5.41, 5.74) is 6.19. The lowest BCUT2D eigenvalue weighted by molar-refractivity contribution is 0.477. The van der Waals surface area contributed by atoms with Crippen molar-refractivity contribution in [3.05, 3.63) is 34.9 Å². The molecule has 1 aromatic heterocycles. The molecule has 76 valence electrons. The highest BCUT2D eigenvalue weighted by Gasteiger charge is 2.07. The number of hydrogen-bond donors (Lipinski definition) is 2. The van der Waals surface area contributed by atoms with Gasteiger partial charge >= 0.3 is 0 Å². The van der Waals surface area contributed by atoms with Crippen LogP contribution in [0.15, 0.2) is 34.9 Å². The largest absolute Gasteiger partial charge is 0.507 e. The van der Waals surface area contributed by atoms with Crippen LogP contribution in [0.5, 0.6) is 5.75 Å². The van der Waals surface area contributed by atoms with E-state index in [9.17, 15) is 5.11 Å². The Morgan fingerprint density at radius 2 is 2.00 bits per heavy atom. The zero-order chi connectivity index (χ0) is 10.8. The number of benzene rings is 1. The number of nitrogens with zero attached hydrogens (tertiary/aromatic N) is 2. The van der Waals surface area contributed by atoms with Gasteiger partial charge in [-0.05, 0) is 28.1 Å². The third-order valence-electron chi connectivity index (χ3n) is 1.92. The van der Waals surface area contributed by atoms with Crippen LogP contribution < -0.4 is 5.73 Å². The van der Waals surface area contributed by atoms with Crippen LogP contribution in [0, 0.1) is 0 Å². The van der Waals surface area contributed by atoms with Gasteiger partial charge in [0.2, 0.25) is 0 Å². The van der Waals surface area contributed by atoms with Gasteiger partial charge in [-0.1, -0.05) is 12.1 Å². The molecule has 0 bridgehead atoms. The minimum atomic E-state index is 0.138. The Morgan fingerprint density at radius 3 is 2.67 bits per heavy atom. The number of para-hydroxylation sites is 1. The molecule has 2 rings (SSSR count). The fraction of sp³-hybridized carbons (Fsp3) is 0. The van der Waals surface area contributed by atoms with E-state index in [1.807, 2.05) is 0 Å². The number of nitrogens with two attached hydrogens (primary N) is 1. The summed E-state index contributed by atoms with van der Waals surface area (Å²) in [6.45, 7) is 0. The van der Waals surface area contributed by atoms with Crippen molar-refractivity contribution in [1.82, 2.24) is 9.97 Å². The van der Waals surface area contributed by atoms with E-state index in [0.717, 1.165) is 0 Å². The van der Waals surface area contributed by atoms with E-state index in [-0.39, 0.29) is 5.75 Å². The molecule has 0 unspecified atom stereocenters. The molecule has 5 heteroatoms. The minimum absolute atomic E-state index is 0.138. The molecular formula is C10H8BrN3O. The summed E-state index contributed by atoms with van der Waals surface area (Å²) >= 11 is 3.21. The smallest absolute Gasteiger partial charge is 0.165 e. The van der Waals surface area contributed by atoms with Crippen molar-refractivity contribution >= 4 is 21.7 Å². The number of nitrogen functional groups attached to an aromatic ring is 1. The van der Waals surface area contributed by atoms with Crippen LogP contribution in [0.2, 0.25) is 0 Å². The summed E-state index contributed by atoms with van der Waals surface area (Å²) < 4.78 is 0.640. The van der Waals surface area contributed by atoms with Gasteiger partial charge in [0, 0.05) is 6.20 Å². The van der Waals surface area contributed by atoms with Crippen LogP contribution in [-0.2, 0) is 0 Å². The molecule has 1 heterocycles. The molecule has 4 nitrogen and oxygen atoms in total. The van der Waals surface area contributed by atoms with E-state index in [0.29, 0.717) is 21.7 Å². The lowest BCUT2D eigenvalue weighted by Crippen LogP contribution is -1.96. The lowest BCUT2D eigenvalue weighted by atomic mass is 10.2. The molecule has 0 radical (unpaired) electrons. The van der Waals surface area contributed by atoms with Gasteiger partial charge < -0.3 is 10.8 Å². The summed E-state index contributed by atoms with van der Waals surface area (Å²) in [7, 11) is 0. The Balaban J connectivity index is 2.55. The summed E-state index contributed by atoms with van der Waals surface area (Å²) in [4.78, 5) is 8.14. The molecule has 15 heavy (non-hydrogen) atoms. The summed E-state index contributed by atoms with van der Waals surface area (Å²) in [5.74, 6) is 0.899. The molecular weight excluding hydrogens is 258 g/mol. The molecule has 0 aliphatic heterocycles. The van der Waals surface area contributed by atoms with E-state index < -0.39 is 0 Å². The van der Waals surface area contributed by atoms with Gasteiger partial charge in [-0.3, -0.25) is 0 Å². The second kappa shape index (κ2) is 3.86. The maximum atomic E-state index is 9.59. The van der Waals surface area contributed by atoms with E-state index in [1.165, 1.54) is 0 Å². The molecule has 0 amide bonds. The molecule has 3 N–H and O–H groups in total. The van der Waals surface area contributed by atoms with Gasteiger partial charge in [-0.2, -0.15) is 0 Å². The van der Waals surface area contributed by atoms with E-state index in [4.69, 9.17) is 5.73 Å². The number of aromatic hydroxyl groups is 1. The average Bonchev–Trinajstić information content (AvgIpc) is 2.23. The highest BCUT2D eigenvalue weighted by atomic mass is 79.9. The molecule has 0 fully saturated rings. The molecule has 0 aliphatic rings. The van der Waals surface area contributed by atoms with Gasteiger partial charge in [0.1, 0.15) is 11.6 Å². The number of anilines is 1. The van der Waals surface area contributed by atoms with Crippen LogP contribution in [0.3, 0.4) is 0 Å². The first-order valence-corrected chi connectivity index (χ1v) is 5.04. The van der Waals surface area contributed by atoms with Crippen molar-refractivity contribution in [3.8, 4) is 17.1 Å². The number of hydrogen-bond acceptors (Lipinski definition) is 4. The summed E-state index contributed by atoms with van der Waals surface area (Å²) in [6.07, 6.45) is 1.56. The van der Waals surface area contributed by atoms with Gasteiger partial charge in [0.25, 0.3) is 0 Å². The normalized spacial score (nSPS) is 10.2. The third-order valence-corrected chi connectivity index (χ3v) is 2.53. The SMILES string of the molecule is Nc1nc(-c2ccccc2O)ncc1Br. The van der Waals surface area contributed by atoms with Gasteiger partial charge in [-0.25, -0.2) is 9.97 Å². The van der Waals surface area contributed by atoms with Gasteiger partial charge in [0.05, 0.1) is 10.0 Å². The Morgan fingerprint density at radius 1 is 1.27 bits per heavy atom. The van der Waals surface area contributed by atoms with E-state index in [1.54, 1.807) is 30.5 Å². The molecule has 0 atom stereocenters. The van der Waals surface area contributed by atoms with Crippen molar-refractivity contribution in [1.29, 1.82) is 0 Å². The Hall–Kier alpha value is -1.62. The minimum Gasteiger partial charge on any atom is -0.507 e. The molecule has 0 spiro atoms. The van der Waals surface area contributed by atoms with Crippen molar-refractivity contribution in [2.75, 3.05) is 5.73 Å². The second-order valence-electron chi connectivity index (χ2n) is 2.94. The average molecular weight is 266 g/mol. The first-order chi connectivity index (χ1) is 7.18. The van der Waals surface area contributed by atoms with Crippen LogP contribution in [0.25, 0.3) is 11.4 Å². The number of phenols is 1.